The maximum atomic E-state index is 12.4. The number of thioether (sulfide) groups is 1. The second-order valence-corrected chi connectivity index (χ2v) is 6.03. The molecule has 1 aliphatic rings. The van der Waals surface area contributed by atoms with Gasteiger partial charge in [0, 0.05) is 6.04 Å². The van der Waals surface area contributed by atoms with E-state index in [4.69, 9.17) is 0 Å². The van der Waals surface area contributed by atoms with Crippen LogP contribution in [0.1, 0.15) is 39.5 Å². The molecule has 1 atom stereocenters. The summed E-state index contributed by atoms with van der Waals surface area (Å²) in [5.41, 5.74) is -0.112. The lowest BCUT2D eigenvalue weighted by atomic mass is 9.75. The summed E-state index contributed by atoms with van der Waals surface area (Å²) in [4.78, 5) is 12.4. The number of piperidine rings is 1. The van der Waals surface area contributed by atoms with Crippen molar-refractivity contribution in [2.45, 2.75) is 45.6 Å². The Morgan fingerprint density at radius 2 is 2.12 bits per heavy atom. The summed E-state index contributed by atoms with van der Waals surface area (Å²) in [5.74, 6) is 1.39. The van der Waals surface area contributed by atoms with Crippen LogP contribution in [-0.4, -0.2) is 37.0 Å². The molecule has 17 heavy (non-hydrogen) atoms. The van der Waals surface area contributed by atoms with Crippen molar-refractivity contribution in [1.82, 2.24) is 10.6 Å². The van der Waals surface area contributed by atoms with E-state index in [1.54, 1.807) is 0 Å². The fourth-order valence-corrected chi connectivity index (χ4v) is 2.98. The highest BCUT2D eigenvalue weighted by Crippen LogP contribution is 2.32. The Morgan fingerprint density at radius 3 is 2.65 bits per heavy atom. The molecule has 0 aromatic rings. The average molecular weight is 258 g/mol. The predicted molar refractivity (Wildman–Crippen MR) is 75.4 cm³/mol. The SMILES string of the molecule is CCC1(C(=O)NC(C)CCSC)CCNCC1. The van der Waals surface area contributed by atoms with Gasteiger partial charge in [-0.3, -0.25) is 4.79 Å². The van der Waals surface area contributed by atoms with E-state index in [0.717, 1.165) is 44.5 Å². The molecule has 100 valence electrons. The van der Waals surface area contributed by atoms with Crippen LogP contribution >= 0.6 is 11.8 Å². The van der Waals surface area contributed by atoms with E-state index in [1.165, 1.54) is 0 Å². The van der Waals surface area contributed by atoms with Crippen molar-refractivity contribution in [2.24, 2.45) is 5.41 Å². The second kappa shape index (κ2) is 7.27. The number of amides is 1. The van der Waals surface area contributed by atoms with E-state index < -0.39 is 0 Å². The molecule has 4 heteroatoms. The molecular weight excluding hydrogens is 232 g/mol. The molecule has 1 amide bonds. The van der Waals surface area contributed by atoms with Gasteiger partial charge in [-0.05, 0) is 57.7 Å². The number of carbonyl (C=O) groups is 1. The third kappa shape index (κ3) is 4.18. The van der Waals surface area contributed by atoms with Crippen LogP contribution in [0.3, 0.4) is 0 Å². The molecule has 0 aliphatic carbocycles. The van der Waals surface area contributed by atoms with E-state index in [9.17, 15) is 4.79 Å². The molecule has 0 radical (unpaired) electrons. The van der Waals surface area contributed by atoms with Crippen molar-refractivity contribution in [3.05, 3.63) is 0 Å². The fourth-order valence-electron chi connectivity index (χ4n) is 2.39. The summed E-state index contributed by atoms with van der Waals surface area (Å²) >= 11 is 1.84. The Balaban J connectivity index is 2.48. The summed E-state index contributed by atoms with van der Waals surface area (Å²) in [6.45, 7) is 6.19. The highest BCUT2D eigenvalue weighted by molar-refractivity contribution is 7.98. The van der Waals surface area contributed by atoms with Gasteiger partial charge in [-0.2, -0.15) is 11.8 Å². The zero-order chi connectivity index (χ0) is 12.7. The molecule has 2 N–H and O–H groups in total. The lowest BCUT2D eigenvalue weighted by Crippen LogP contribution is -2.49. The number of rotatable bonds is 6. The largest absolute Gasteiger partial charge is 0.353 e. The Morgan fingerprint density at radius 1 is 1.47 bits per heavy atom. The molecule has 1 unspecified atom stereocenters. The number of carbonyl (C=O) groups excluding carboxylic acids is 1. The van der Waals surface area contributed by atoms with Crippen LogP contribution in [0.4, 0.5) is 0 Å². The smallest absolute Gasteiger partial charge is 0.226 e. The van der Waals surface area contributed by atoms with Crippen molar-refractivity contribution < 1.29 is 4.79 Å². The van der Waals surface area contributed by atoms with Crippen LogP contribution in [0, 0.1) is 5.41 Å². The van der Waals surface area contributed by atoms with Gasteiger partial charge >= 0.3 is 0 Å². The summed E-state index contributed by atoms with van der Waals surface area (Å²) in [6.07, 6.45) is 6.07. The molecule has 1 heterocycles. The molecule has 3 nitrogen and oxygen atoms in total. The van der Waals surface area contributed by atoms with Crippen LogP contribution < -0.4 is 10.6 Å². The minimum Gasteiger partial charge on any atom is -0.353 e. The standard InChI is InChI=1S/C13H26N2OS/c1-4-13(6-8-14-9-7-13)12(16)15-11(2)5-10-17-3/h11,14H,4-10H2,1-3H3,(H,15,16). The van der Waals surface area contributed by atoms with Gasteiger partial charge in [-0.1, -0.05) is 6.92 Å². The summed E-state index contributed by atoms with van der Waals surface area (Å²) in [7, 11) is 0. The molecule has 1 rings (SSSR count). The number of nitrogens with one attached hydrogen (secondary N) is 2. The van der Waals surface area contributed by atoms with E-state index >= 15 is 0 Å². The first-order valence-corrected chi connectivity index (χ1v) is 8.04. The Kier molecular flexibility index (Phi) is 6.34. The summed E-state index contributed by atoms with van der Waals surface area (Å²) < 4.78 is 0. The zero-order valence-electron chi connectivity index (χ0n) is 11.3. The fraction of sp³-hybridized carbons (Fsp3) is 0.923. The van der Waals surface area contributed by atoms with Gasteiger partial charge in [0.15, 0.2) is 0 Å². The van der Waals surface area contributed by atoms with Gasteiger partial charge in [-0.25, -0.2) is 0 Å². The minimum atomic E-state index is -0.112. The molecule has 1 saturated heterocycles. The first-order chi connectivity index (χ1) is 8.14. The van der Waals surface area contributed by atoms with Crippen LogP contribution in [0.2, 0.25) is 0 Å². The molecule has 0 saturated carbocycles. The van der Waals surface area contributed by atoms with Gasteiger partial charge < -0.3 is 10.6 Å². The Labute approximate surface area is 109 Å². The molecule has 0 aromatic carbocycles. The van der Waals surface area contributed by atoms with Crippen LogP contribution in [0.25, 0.3) is 0 Å². The van der Waals surface area contributed by atoms with Crippen molar-refractivity contribution >= 4 is 17.7 Å². The van der Waals surface area contributed by atoms with E-state index in [1.807, 2.05) is 11.8 Å². The maximum absolute atomic E-state index is 12.4. The summed E-state index contributed by atoms with van der Waals surface area (Å²) in [5, 5.41) is 6.53. The third-order valence-electron chi connectivity index (χ3n) is 3.85. The Bertz CT molecular complexity index is 240. The van der Waals surface area contributed by atoms with Gasteiger partial charge in [0.1, 0.15) is 0 Å². The number of hydrogen-bond donors (Lipinski definition) is 2. The van der Waals surface area contributed by atoms with Crippen LogP contribution in [0.5, 0.6) is 0 Å². The van der Waals surface area contributed by atoms with Crippen molar-refractivity contribution in [1.29, 1.82) is 0 Å². The second-order valence-electron chi connectivity index (χ2n) is 5.04. The topological polar surface area (TPSA) is 41.1 Å². The van der Waals surface area contributed by atoms with Gasteiger partial charge in [-0.15, -0.1) is 0 Å². The Hall–Kier alpha value is -0.220. The summed E-state index contributed by atoms with van der Waals surface area (Å²) in [6, 6.07) is 0.299. The molecule has 1 aliphatic heterocycles. The average Bonchev–Trinajstić information content (AvgIpc) is 2.37. The molecular formula is C13H26N2OS. The predicted octanol–water partition coefficient (Wildman–Crippen LogP) is 2.02. The molecule has 0 aromatic heterocycles. The van der Waals surface area contributed by atoms with E-state index in [-0.39, 0.29) is 11.3 Å². The maximum Gasteiger partial charge on any atom is 0.226 e. The van der Waals surface area contributed by atoms with Crippen molar-refractivity contribution in [2.75, 3.05) is 25.1 Å². The highest BCUT2D eigenvalue weighted by atomic mass is 32.2. The van der Waals surface area contributed by atoms with E-state index in [2.05, 4.69) is 30.7 Å². The quantitative estimate of drug-likeness (QED) is 0.766. The minimum absolute atomic E-state index is 0.112. The lowest BCUT2D eigenvalue weighted by Gasteiger charge is -2.36. The lowest BCUT2D eigenvalue weighted by molar-refractivity contribution is -0.133. The molecule has 0 spiro atoms. The van der Waals surface area contributed by atoms with Gasteiger partial charge in [0.05, 0.1) is 5.41 Å². The van der Waals surface area contributed by atoms with Crippen molar-refractivity contribution in [3.63, 3.8) is 0 Å². The monoisotopic (exact) mass is 258 g/mol. The van der Waals surface area contributed by atoms with Crippen LogP contribution in [-0.2, 0) is 4.79 Å². The highest BCUT2D eigenvalue weighted by Gasteiger charge is 2.37. The zero-order valence-corrected chi connectivity index (χ0v) is 12.2. The first-order valence-electron chi connectivity index (χ1n) is 6.65. The molecule has 1 fully saturated rings. The van der Waals surface area contributed by atoms with E-state index in [0.29, 0.717) is 6.04 Å². The molecule has 0 bridgehead atoms. The van der Waals surface area contributed by atoms with Crippen LogP contribution in [0.15, 0.2) is 0 Å². The van der Waals surface area contributed by atoms with Gasteiger partial charge in [0.25, 0.3) is 0 Å². The normalized spacial score (nSPS) is 20.9. The van der Waals surface area contributed by atoms with Crippen molar-refractivity contribution in [3.8, 4) is 0 Å². The third-order valence-corrected chi connectivity index (χ3v) is 4.50. The first kappa shape index (κ1) is 14.8. The van der Waals surface area contributed by atoms with Gasteiger partial charge in [0.2, 0.25) is 5.91 Å². The number of hydrogen-bond acceptors (Lipinski definition) is 3.